The summed E-state index contributed by atoms with van der Waals surface area (Å²) in [5.41, 5.74) is 0.922. The number of likely N-dealkylation sites (tertiary alicyclic amines) is 1. The van der Waals surface area contributed by atoms with Crippen LogP contribution in [0.25, 0.3) is 0 Å². The number of aryl methyl sites for hydroxylation is 1. The number of aromatic nitrogens is 3. The van der Waals surface area contributed by atoms with E-state index in [1.165, 1.54) is 0 Å². The number of methoxy groups -OCH3 is 1. The van der Waals surface area contributed by atoms with Crippen LogP contribution in [0.3, 0.4) is 0 Å². The van der Waals surface area contributed by atoms with Gasteiger partial charge >= 0.3 is 0 Å². The lowest BCUT2D eigenvalue weighted by atomic mass is 9.97. The Morgan fingerprint density at radius 2 is 1.97 bits per heavy atom. The summed E-state index contributed by atoms with van der Waals surface area (Å²) < 4.78 is 10.5. The maximum atomic E-state index is 13.0. The van der Waals surface area contributed by atoms with E-state index in [4.69, 9.17) is 9.47 Å². The van der Waals surface area contributed by atoms with Gasteiger partial charge in [0, 0.05) is 32.2 Å². The van der Waals surface area contributed by atoms with Gasteiger partial charge in [0.2, 0.25) is 11.8 Å². The zero-order chi connectivity index (χ0) is 21.8. The Hall–Kier alpha value is -2.94. The molecule has 0 unspecified atom stereocenters. The number of carbonyl (C=O) groups is 2. The summed E-state index contributed by atoms with van der Waals surface area (Å²) in [4.78, 5) is 32.1. The molecule has 0 saturated carbocycles. The minimum absolute atomic E-state index is 0.0187. The Morgan fingerprint density at radius 3 is 2.61 bits per heavy atom. The maximum Gasteiger partial charge on any atom is 0.227 e. The molecule has 166 valence electrons. The fraction of sp³-hybridized carbons (Fsp3) is 0.545. The van der Waals surface area contributed by atoms with Crippen molar-refractivity contribution >= 4 is 11.8 Å². The lowest BCUT2D eigenvalue weighted by molar-refractivity contribution is -0.131. The first kappa shape index (κ1) is 21.3. The second-order valence-corrected chi connectivity index (χ2v) is 8.21. The van der Waals surface area contributed by atoms with Crippen LogP contribution in [0, 0.1) is 12.8 Å². The van der Waals surface area contributed by atoms with Crippen molar-refractivity contribution in [1.82, 2.24) is 25.4 Å². The Balaban J connectivity index is 1.45. The highest BCUT2D eigenvalue weighted by molar-refractivity contribution is 5.81. The molecule has 4 rings (SSSR count). The number of H-pyrrole nitrogens is 1. The molecule has 1 aromatic heterocycles. The molecule has 2 aromatic rings. The highest BCUT2D eigenvalue weighted by atomic mass is 16.5. The largest absolute Gasteiger partial charge is 0.497 e. The van der Waals surface area contributed by atoms with Gasteiger partial charge in [-0.3, -0.25) is 14.7 Å². The van der Waals surface area contributed by atoms with E-state index in [1.807, 2.05) is 31.2 Å². The van der Waals surface area contributed by atoms with Crippen molar-refractivity contribution in [2.45, 2.75) is 38.1 Å². The number of benzene rings is 1. The van der Waals surface area contributed by atoms with Crippen molar-refractivity contribution in [3.05, 3.63) is 41.5 Å². The fourth-order valence-corrected chi connectivity index (χ4v) is 4.23. The fourth-order valence-electron chi connectivity index (χ4n) is 4.23. The zero-order valence-electron chi connectivity index (χ0n) is 18.0. The van der Waals surface area contributed by atoms with Crippen LogP contribution in [0.15, 0.2) is 24.3 Å². The van der Waals surface area contributed by atoms with Crippen LogP contribution in [-0.2, 0) is 20.7 Å². The van der Waals surface area contributed by atoms with Crippen LogP contribution in [0.1, 0.15) is 36.0 Å². The second-order valence-electron chi connectivity index (χ2n) is 8.21. The van der Waals surface area contributed by atoms with E-state index < -0.39 is 0 Å². The van der Waals surface area contributed by atoms with Gasteiger partial charge in [-0.2, -0.15) is 5.10 Å². The Bertz CT molecular complexity index is 907. The molecule has 2 amide bonds. The molecular weight excluding hydrogens is 398 g/mol. The molecule has 0 radical (unpaired) electrons. The molecule has 9 heteroatoms. The van der Waals surface area contributed by atoms with Crippen molar-refractivity contribution < 1.29 is 19.1 Å². The molecule has 2 fully saturated rings. The van der Waals surface area contributed by atoms with Gasteiger partial charge in [-0.15, -0.1) is 0 Å². The minimum Gasteiger partial charge on any atom is -0.497 e. The molecule has 2 saturated heterocycles. The van der Waals surface area contributed by atoms with E-state index in [1.54, 1.807) is 12.0 Å². The van der Waals surface area contributed by atoms with Crippen LogP contribution in [0.2, 0.25) is 0 Å². The highest BCUT2D eigenvalue weighted by Crippen LogP contribution is 2.27. The predicted molar refractivity (Wildman–Crippen MR) is 113 cm³/mol. The molecule has 3 heterocycles. The van der Waals surface area contributed by atoms with Gasteiger partial charge in [0.25, 0.3) is 0 Å². The first-order valence-electron chi connectivity index (χ1n) is 10.7. The molecule has 0 spiro atoms. The van der Waals surface area contributed by atoms with E-state index in [2.05, 4.69) is 20.5 Å². The molecular formula is C22H29N5O4. The van der Waals surface area contributed by atoms with Crippen LogP contribution in [0.5, 0.6) is 5.75 Å². The van der Waals surface area contributed by atoms with Crippen molar-refractivity contribution in [3.8, 4) is 5.75 Å². The molecule has 9 nitrogen and oxygen atoms in total. The predicted octanol–water partition coefficient (Wildman–Crippen LogP) is 1.20. The third kappa shape index (κ3) is 5.04. The number of nitrogens with one attached hydrogen (secondary N) is 2. The van der Waals surface area contributed by atoms with E-state index >= 15 is 0 Å². The Labute approximate surface area is 181 Å². The molecule has 2 N–H and O–H groups in total. The van der Waals surface area contributed by atoms with Crippen LogP contribution < -0.4 is 10.1 Å². The number of rotatable bonds is 6. The van der Waals surface area contributed by atoms with E-state index in [0.717, 1.165) is 24.2 Å². The number of carbonyl (C=O) groups excluding carboxylic acids is 2. The van der Waals surface area contributed by atoms with E-state index in [-0.39, 0.29) is 29.7 Å². The van der Waals surface area contributed by atoms with Gasteiger partial charge in [0.15, 0.2) is 5.82 Å². The maximum absolute atomic E-state index is 13.0. The first-order valence-corrected chi connectivity index (χ1v) is 10.7. The average molecular weight is 428 g/mol. The van der Waals surface area contributed by atoms with E-state index in [9.17, 15) is 9.59 Å². The van der Waals surface area contributed by atoms with Crippen LogP contribution >= 0.6 is 0 Å². The number of ether oxygens (including phenoxy) is 2. The van der Waals surface area contributed by atoms with E-state index in [0.29, 0.717) is 44.4 Å². The molecule has 2 aliphatic heterocycles. The minimum atomic E-state index is -0.217. The third-order valence-corrected chi connectivity index (χ3v) is 6.05. The summed E-state index contributed by atoms with van der Waals surface area (Å²) in [5.74, 6) is 1.96. The smallest absolute Gasteiger partial charge is 0.227 e. The number of amides is 2. The molecule has 2 atom stereocenters. The number of hydrogen-bond acceptors (Lipinski definition) is 6. The quantitative estimate of drug-likeness (QED) is 0.717. The normalized spacial score (nSPS) is 21.8. The summed E-state index contributed by atoms with van der Waals surface area (Å²) in [6.07, 6.45) is 1.75. The van der Waals surface area contributed by atoms with Gasteiger partial charge in [-0.05, 0) is 37.5 Å². The number of nitrogens with zero attached hydrogens (tertiary/aromatic N) is 3. The SMILES string of the molecule is COc1ccc(CC(=O)N2C[C@@H](NC(=O)C3CCOCC3)[C@H](c3n[nH]c(C)n3)C2)cc1. The lowest BCUT2D eigenvalue weighted by Gasteiger charge is -2.24. The molecule has 31 heavy (non-hydrogen) atoms. The van der Waals surface area contributed by atoms with Gasteiger partial charge in [0.1, 0.15) is 11.6 Å². The van der Waals surface area contributed by atoms with Crippen molar-refractivity contribution in [3.63, 3.8) is 0 Å². The van der Waals surface area contributed by atoms with Crippen molar-refractivity contribution in [2.75, 3.05) is 33.4 Å². The Kier molecular flexibility index (Phi) is 6.50. The topological polar surface area (TPSA) is 109 Å². The van der Waals surface area contributed by atoms with Gasteiger partial charge in [0.05, 0.1) is 25.5 Å². The van der Waals surface area contributed by atoms with Crippen LogP contribution in [0.4, 0.5) is 0 Å². The highest BCUT2D eigenvalue weighted by Gasteiger charge is 2.40. The van der Waals surface area contributed by atoms with Gasteiger partial charge in [-0.25, -0.2) is 4.98 Å². The van der Waals surface area contributed by atoms with Crippen molar-refractivity contribution in [1.29, 1.82) is 0 Å². The standard InChI is InChI=1S/C22H29N5O4/c1-14-23-21(26-25-14)18-12-27(20(28)11-15-3-5-17(30-2)6-4-15)13-19(18)24-22(29)16-7-9-31-10-8-16/h3-6,16,18-19H,7-13H2,1-2H3,(H,24,29)(H,23,25,26)/t18-,19-/m1/s1. The summed E-state index contributed by atoms with van der Waals surface area (Å²) in [6, 6.07) is 7.27. The molecule has 2 aliphatic rings. The molecule has 0 aliphatic carbocycles. The van der Waals surface area contributed by atoms with Gasteiger partial charge < -0.3 is 19.7 Å². The first-order chi connectivity index (χ1) is 15.0. The summed E-state index contributed by atoms with van der Waals surface area (Å²) in [5, 5.41) is 10.3. The second kappa shape index (κ2) is 9.47. The van der Waals surface area contributed by atoms with Gasteiger partial charge in [-0.1, -0.05) is 12.1 Å². The molecule has 0 bridgehead atoms. The summed E-state index contributed by atoms with van der Waals surface area (Å²) in [6.45, 7) is 3.98. The summed E-state index contributed by atoms with van der Waals surface area (Å²) in [7, 11) is 1.62. The lowest BCUT2D eigenvalue weighted by Crippen LogP contribution is -2.44. The van der Waals surface area contributed by atoms with Crippen LogP contribution in [-0.4, -0.2) is 71.4 Å². The zero-order valence-corrected chi connectivity index (χ0v) is 18.0. The number of aromatic amines is 1. The molecule has 1 aromatic carbocycles. The van der Waals surface area contributed by atoms with Crippen molar-refractivity contribution in [2.24, 2.45) is 5.92 Å². The monoisotopic (exact) mass is 427 g/mol. The third-order valence-electron chi connectivity index (χ3n) is 6.05. The Morgan fingerprint density at radius 1 is 1.23 bits per heavy atom. The summed E-state index contributed by atoms with van der Waals surface area (Å²) >= 11 is 0. The number of hydrogen-bond donors (Lipinski definition) is 2. The average Bonchev–Trinajstić information content (AvgIpc) is 3.41.